The number of likely N-dealkylation sites (N-methyl/N-ethyl adjacent to an activating group) is 1. The van der Waals surface area contributed by atoms with E-state index in [9.17, 15) is 0 Å². The summed E-state index contributed by atoms with van der Waals surface area (Å²) in [5.41, 5.74) is 1.56. The Balaban J connectivity index is 1.91. The quantitative estimate of drug-likeness (QED) is 0.846. The molecule has 1 aromatic heterocycles. The Morgan fingerprint density at radius 1 is 1.19 bits per heavy atom. The second-order valence-corrected chi connectivity index (χ2v) is 6.50. The van der Waals surface area contributed by atoms with Gasteiger partial charge in [0.25, 0.3) is 0 Å². The molecule has 112 valence electrons. The molecule has 2 heterocycles. The van der Waals surface area contributed by atoms with E-state index in [1.165, 1.54) is 12.8 Å². The molecule has 1 aliphatic rings. The number of halogens is 2. The van der Waals surface area contributed by atoms with Gasteiger partial charge in [0.15, 0.2) is 0 Å². The van der Waals surface area contributed by atoms with E-state index in [0.29, 0.717) is 16.1 Å². The van der Waals surface area contributed by atoms with Crippen LogP contribution in [0.15, 0.2) is 18.3 Å². The lowest BCUT2D eigenvalue weighted by atomic mass is 10.1. The van der Waals surface area contributed by atoms with Gasteiger partial charge >= 0.3 is 0 Å². The molecule has 1 atom stereocenters. The van der Waals surface area contributed by atoms with Crippen molar-refractivity contribution in [3.05, 3.63) is 28.4 Å². The SMILES string of the molecule is CN(C)C1CCCN(c2cnc3cc(Cl)c(Cl)cc3n2)C1. The summed E-state index contributed by atoms with van der Waals surface area (Å²) in [7, 11) is 4.25. The third-order valence-corrected chi connectivity index (χ3v) is 4.74. The summed E-state index contributed by atoms with van der Waals surface area (Å²) in [4.78, 5) is 13.7. The Labute approximate surface area is 134 Å². The number of nitrogens with zero attached hydrogens (tertiary/aromatic N) is 4. The van der Waals surface area contributed by atoms with Gasteiger partial charge in [0.05, 0.1) is 27.3 Å². The highest BCUT2D eigenvalue weighted by Gasteiger charge is 2.22. The Bertz CT molecular complexity index is 659. The number of rotatable bonds is 2. The highest BCUT2D eigenvalue weighted by molar-refractivity contribution is 6.42. The van der Waals surface area contributed by atoms with E-state index >= 15 is 0 Å². The van der Waals surface area contributed by atoms with Gasteiger partial charge in [-0.2, -0.15) is 0 Å². The molecular formula is C15H18Cl2N4. The van der Waals surface area contributed by atoms with Crippen LogP contribution in [0.2, 0.25) is 10.0 Å². The number of hydrogen-bond donors (Lipinski definition) is 0. The first-order valence-electron chi connectivity index (χ1n) is 7.08. The minimum Gasteiger partial charge on any atom is -0.354 e. The molecule has 1 saturated heterocycles. The van der Waals surface area contributed by atoms with Crippen molar-refractivity contribution in [3.8, 4) is 0 Å². The first-order valence-corrected chi connectivity index (χ1v) is 7.83. The van der Waals surface area contributed by atoms with Crippen LogP contribution in [0.4, 0.5) is 5.82 Å². The number of hydrogen-bond acceptors (Lipinski definition) is 4. The van der Waals surface area contributed by atoms with Crippen molar-refractivity contribution >= 4 is 40.1 Å². The topological polar surface area (TPSA) is 32.3 Å². The first-order chi connectivity index (χ1) is 10.0. The van der Waals surface area contributed by atoms with Crippen molar-refractivity contribution < 1.29 is 0 Å². The average Bonchev–Trinajstić information content (AvgIpc) is 2.48. The second kappa shape index (κ2) is 5.95. The minimum atomic E-state index is 0.511. The number of aromatic nitrogens is 2. The molecule has 0 radical (unpaired) electrons. The smallest absolute Gasteiger partial charge is 0.147 e. The van der Waals surface area contributed by atoms with E-state index in [0.717, 1.165) is 29.9 Å². The van der Waals surface area contributed by atoms with Crippen molar-refractivity contribution in [2.75, 3.05) is 32.1 Å². The molecule has 0 amide bonds. The van der Waals surface area contributed by atoms with Crippen LogP contribution in [-0.2, 0) is 0 Å². The van der Waals surface area contributed by atoms with E-state index in [4.69, 9.17) is 28.2 Å². The van der Waals surface area contributed by atoms with Crippen LogP contribution in [0, 0.1) is 0 Å². The molecule has 1 fully saturated rings. The lowest BCUT2D eigenvalue weighted by Gasteiger charge is -2.36. The van der Waals surface area contributed by atoms with E-state index in [2.05, 4.69) is 28.9 Å². The highest BCUT2D eigenvalue weighted by Crippen LogP contribution is 2.27. The zero-order chi connectivity index (χ0) is 15.0. The molecule has 21 heavy (non-hydrogen) atoms. The van der Waals surface area contributed by atoms with Crippen LogP contribution < -0.4 is 4.90 Å². The van der Waals surface area contributed by atoms with Gasteiger partial charge in [-0.3, -0.25) is 4.98 Å². The molecule has 4 nitrogen and oxygen atoms in total. The van der Waals surface area contributed by atoms with Gasteiger partial charge in [-0.05, 0) is 39.1 Å². The van der Waals surface area contributed by atoms with Crippen LogP contribution in [0.1, 0.15) is 12.8 Å². The van der Waals surface area contributed by atoms with Crippen LogP contribution in [0.3, 0.4) is 0 Å². The van der Waals surface area contributed by atoms with Crippen molar-refractivity contribution in [1.82, 2.24) is 14.9 Å². The van der Waals surface area contributed by atoms with E-state index in [1.54, 1.807) is 12.1 Å². The van der Waals surface area contributed by atoms with Crippen LogP contribution in [-0.4, -0.2) is 48.1 Å². The Morgan fingerprint density at radius 3 is 2.62 bits per heavy atom. The van der Waals surface area contributed by atoms with Crippen molar-refractivity contribution in [2.45, 2.75) is 18.9 Å². The molecule has 1 aromatic carbocycles. The predicted molar refractivity (Wildman–Crippen MR) is 88.5 cm³/mol. The largest absolute Gasteiger partial charge is 0.354 e. The van der Waals surface area contributed by atoms with Crippen molar-refractivity contribution in [3.63, 3.8) is 0 Å². The third-order valence-electron chi connectivity index (χ3n) is 4.02. The standard InChI is InChI=1S/C15H18Cl2N4/c1-20(2)10-4-3-5-21(9-10)15-8-18-13-6-11(16)12(17)7-14(13)19-15/h6-8,10H,3-5,9H2,1-2H3. The predicted octanol–water partition coefficient (Wildman–Crippen LogP) is 3.47. The normalized spacial score (nSPS) is 19.5. The molecule has 0 N–H and O–H groups in total. The fraction of sp³-hybridized carbons (Fsp3) is 0.467. The summed E-state index contributed by atoms with van der Waals surface area (Å²) < 4.78 is 0. The molecule has 1 aliphatic heterocycles. The number of fused-ring (bicyclic) bond motifs is 1. The van der Waals surface area contributed by atoms with Gasteiger partial charge < -0.3 is 9.80 Å². The second-order valence-electron chi connectivity index (χ2n) is 5.69. The van der Waals surface area contributed by atoms with Crippen LogP contribution in [0.5, 0.6) is 0 Å². The Kier molecular flexibility index (Phi) is 4.20. The van der Waals surface area contributed by atoms with Gasteiger partial charge in [0, 0.05) is 19.1 Å². The zero-order valence-corrected chi connectivity index (χ0v) is 13.7. The van der Waals surface area contributed by atoms with Crippen LogP contribution >= 0.6 is 23.2 Å². The van der Waals surface area contributed by atoms with Crippen LogP contribution in [0.25, 0.3) is 11.0 Å². The fourth-order valence-electron chi connectivity index (χ4n) is 2.74. The van der Waals surface area contributed by atoms with Crippen molar-refractivity contribution in [1.29, 1.82) is 0 Å². The van der Waals surface area contributed by atoms with Gasteiger partial charge in [0.2, 0.25) is 0 Å². The summed E-state index contributed by atoms with van der Waals surface area (Å²) in [5, 5.41) is 1.03. The molecular weight excluding hydrogens is 307 g/mol. The lowest BCUT2D eigenvalue weighted by Crippen LogP contribution is -2.45. The molecule has 3 rings (SSSR count). The molecule has 6 heteroatoms. The van der Waals surface area contributed by atoms with Gasteiger partial charge in [0.1, 0.15) is 5.82 Å². The zero-order valence-electron chi connectivity index (χ0n) is 12.2. The fourth-order valence-corrected chi connectivity index (χ4v) is 3.05. The van der Waals surface area contributed by atoms with Crippen molar-refractivity contribution in [2.24, 2.45) is 0 Å². The average molecular weight is 325 g/mol. The van der Waals surface area contributed by atoms with Gasteiger partial charge in [-0.25, -0.2) is 4.98 Å². The summed E-state index contributed by atoms with van der Waals surface area (Å²) in [6.07, 6.45) is 4.22. The van der Waals surface area contributed by atoms with E-state index < -0.39 is 0 Å². The molecule has 1 unspecified atom stereocenters. The number of piperidine rings is 1. The van der Waals surface area contributed by atoms with E-state index in [-0.39, 0.29) is 0 Å². The van der Waals surface area contributed by atoms with E-state index in [1.807, 2.05) is 6.20 Å². The highest BCUT2D eigenvalue weighted by atomic mass is 35.5. The molecule has 0 aliphatic carbocycles. The summed E-state index contributed by atoms with van der Waals surface area (Å²) >= 11 is 12.1. The molecule has 2 aromatic rings. The third kappa shape index (κ3) is 3.07. The van der Waals surface area contributed by atoms with Gasteiger partial charge in [-0.15, -0.1) is 0 Å². The maximum absolute atomic E-state index is 6.07. The molecule has 0 bridgehead atoms. The molecule has 0 saturated carbocycles. The monoisotopic (exact) mass is 324 g/mol. The summed E-state index contributed by atoms with van der Waals surface area (Å²) in [6.45, 7) is 2.00. The lowest BCUT2D eigenvalue weighted by molar-refractivity contribution is 0.257. The summed E-state index contributed by atoms with van der Waals surface area (Å²) in [6, 6.07) is 4.10. The Morgan fingerprint density at radius 2 is 1.90 bits per heavy atom. The number of anilines is 1. The minimum absolute atomic E-state index is 0.511. The maximum Gasteiger partial charge on any atom is 0.147 e. The first kappa shape index (κ1) is 14.8. The maximum atomic E-state index is 6.07. The molecule has 0 spiro atoms. The Hall–Kier alpha value is -1.10. The van der Waals surface area contributed by atoms with Gasteiger partial charge in [-0.1, -0.05) is 23.2 Å². The summed E-state index contributed by atoms with van der Waals surface area (Å²) in [5.74, 6) is 0.910. The number of benzene rings is 1.